The highest BCUT2D eigenvalue weighted by molar-refractivity contribution is 6.05. The zero-order chi connectivity index (χ0) is 14.9. The number of hydrogen-bond acceptors (Lipinski definition) is 3. The van der Waals surface area contributed by atoms with E-state index in [0.29, 0.717) is 0 Å². The maximum Gasteiger partial charge on any atom is 0.322 e. The van der Waals surface area contributed by atoms with Gasteiger partial charge in [0, 0.05) is 5.69 Å². The monoisotopic (exact) mass is 276 g/mol. The van der Waals surface area contributed by atoms with E-state index in [1.54, 1.807) is 12.1 Å². The maximum absolute atomic E-state index is 11.8. The van der Waals surface area contributed by atoms with E-state index in [-0.39, 0.29) is 18.2 Å². The Morgan fingerprint density at radius 3 is 2.70 bits per heavy atom. The molecule has 2 rings (SSSR count). The van der Waals surface area contributed by atoms with Crippen LogP contribution in [-0.2, 0) is 26.2 Å². The molecule has 0 radical (unpaired) electrons. The number of anilines is 1. The SMILES string of the molecule is CC1(C)C(=O)Nc2ccc(CC(=O)NCC(=O)O)cc21. The Hall–Kier alpha value is -2.37. The second-order valence-electron chi connectivity index (χ2n) is 5.31. The molecule has 2 amide bonds. The smallest absolute Gasteiger partial charge is 0.322 e. The normalized spacial score (nSPS) is 15.4. The summed E-state index contributed by atoms with van der Waals surface area (Å²) in [5, 5.41) is 13.6. The van der Waals surface area contributed by atoms with Gasteiger partial charge in [0.2, 0.25) is 11.8 Å². The van der Waals surface area contributed by atoms with Crippen molar-refractivity contribution in [2.24, 2.45) is 0 Å². The van der Waals surface area contributed by atoms with Gasteiger partial charge in [0.1, 0.15) is 6.54 Å². The van der Waals surface area contributed by atoms with Crippen molar-refractivity contribution in [3.05, 3.63) is 29.3 Å². The van der Waals surface area contributed by atoms with Gasteiger partial charge in [-0.05, 0) is 31.0 Å². The first-order valence-corrected chi connectivity index (χ1v) is 6.24. The molecule has 0 unspecified atom stereocenters. The highest BCUT2D eigenvalue weighted by Gasteiger charge is 2.38. The lowest BCUT2D eigenvalue weighted by Crippen LogP contribution is -2.30. The lowest BCUT2D eigenvalue weighted by Gasteiger charge is -2.15. The standard InChI is InChI=1S/C14H16N2O4/c1-14(2)9-5-8(3-4-10(9)16-13(14)20)6-11(17)15-7-12(18)19/h3-5H,6-7H2,1-2H3,(H,15,17)(H,16,20)(H,18,19). The number of aliphatic carboxylic acids is 1. The highest BCUT2D eigenvalue weighted by Crippen LogP contribution is 2.37. The topological polar surface area (TPSA) is 95.5 Å². The molecule has 0 atom stereocenters. The van der Waals surface area contributed by atoms with E-state index >= 15 is 0 Å². The van der Waals surface area contributed by atoms with Gasteiger partial charge in [-0.1, -0.05) is 12.1 Å². The molecule has 0 saturated carbocycles. The minimum atomic E-state index is -1.08. The minimum Gasteiger partial charge on any atom is -0.480 e. The van der Waals surface area contributed by atoms with Gasteiger partial charge in [-0.25, -0.2) is 0 Å². The molecule has 3 N–H and O–H groups in total. The first-order valence-electron chi connectivity index (χ1n) is 6.24. The summed E-state index contributed by atoms with van der Waals surface area (Å²) in [6.07, 6.45) is 0.0881. The number of carboxylic acids is 1. The average molecular weight is 276 g/mol. The Bertz CT molecular complexity index is 593. The molecule has 6 heteroatoms. The number of nitrogens with one attached hydrogen (secondary N) is 2. The molecule has 20 heavy (non-hydrogen) atoms. The third-order valence-electron chi connectivity index (χ3n) is 3.37. The first kappa shape index (κ1) is 14.0. The molecule has 1 aliphatic heterocycles. The van der Waals surface area contributed by atoms with Crippen molar-refractivity contribution in [3.63, 3.8) is 0 Å². The molecule has 1 aromatic carbocycles. The van der Waals surface area contributed by atoms with Crippen molar-refractivity contribution < 1.29 is 19.5 Å². The Morgan fingerprint density at radius 1 is 1.35 bits per heavy atom. The summed E-state index contributed by atoms with van der Waals surface area (Å²) in [5.41, 5.74) is 1.74. The maximum atomic E-state index is 11.8. The molecular formula is C14H16N2O4. The summed E-state index contributed by atoms with van der Waals surface area (Å²) in [6, 6.07) is 5.33. The molecule has 0 bridgehead atoms. The molecular weight excluding hydrogens is 260 g/mol. The Kier molecular flexibility index (Phi) is 3.48. The second-order valence-corrected chi connectivity index (χ2v) is 5.31. The van der Waals surface area contributed by atoms with Crippen molar-refractivity contribution in [2.45, 2.75) is 25.7 Å². The van der Waals surface area contributed by atoms with Crippen LogP contribution in [0.3, 0.4) is 0 Å². The molecule has 1 aromatic rings. The molecule has 1 aliphatic rings. The molecule has 0 saturated heterocycles. The summed E-state index contributed by atoms with van der Waals surface area (Å²) in [4.78, 5) is 33.8. The van der Waals surface area contributed by atoms with Gasteiger partial charge in [-0.2, -0.15) is 0 Å². The summed E-state index contributed by atoms with van der Waals surface area (Å²) in [7, 11) is 0. The summed E-state index contributed by atoms with van der Waals surface area (Å²) in [6.45, 7) is 3.25. The lowest BCUT2D eigenvalue weighted by molar-refractivity contribution is -0.137. The Morgan fingerprint density at radius 2 is 2.05 bits per heavy atom. The number of carbonyl (C=O) groups excluding carboxylic acids is 2. The number of carboxylic acid groups (broad SMARTS) is 1. The van der Waals surface area contributed by atoms with E-state index < -0.39 is 17.9 Å². The molecule has 0 fully saturated rings. The third-order valence-corrected chi connectivity index (χ3v) is 3.37. The third kappa shape index (κ3) is 2.64. The zero-order valence-corrected chi connectivity index (χ0v) is 11.3. The number of carbonyl (C=O) groups is 3. The van der Waals surface area contributed by atoms with Crippen molar-refractivity contribution in [2.75, 3.05) is 11.9 Å². The van der Waals surface area contributed by atoms with Gasteiger partial charge >= 0.3 is 5.97 Å². The minimum absolute atomic E-state index is 0.0695. The Labute approximate surface area is 116 Å². The van der Waals surface area contributed by atoms with Crippen molar-refractivity contribution in [1.82, 2.24) is 5.32 Å². The van der Waals surface area contributed by atoms with Crippen molar-refractivity contribution >= 4 is 23.5 Å². The number of benzene rings is 1. The van der Waals surface area contributed by atoms with Crippen LogP contribution in [0.25, 0.3) is 0 Å². The van der Waals surface area contributed by atoms with Gasteiger partial charge in [0.25, 0.3) is 0 Å². The quantitative estimate of drug-likeness (QED) is 0.752. The average Bonchev–Trinajstić information content (AvgIpc) is 2.59. The van der Waals surface area contributed by atoms with E-state index in [0.717, 1.165) is 16.8 Å². The summed E-state index contributed by atoms with van der Waals surface area (Å²) in [5.74, 6) is -1.51. The van der Waals surface area contributed by atoms with Gasteiger partial charge in [0.05, 0.1) is 11.8 Å². The zero-order valence-electron chi connectivity index (χ0n) is 11.3. The van der Waals surface area contributed by atoms with Crippen LogP contribution in [0, 0.1) is 0 Å². The van der Waals surface area contributed by atoms with E-state index in [4.69, 9.17) is 5.11 Å². The summed E-state index contributed by atoms with van der Waals surface area (Å²) < 4.78 is 0. The predicted octanol–water partition coefficient (Wildman–Crippen LogP) is 0.660. The second kappa shape index (κ2) is 4.96. The van der Waals surface area contributed by atoms with Crippen LogP contribution < -0.4 is 10.6 Å². The molecule has 1 heterocycles. The van der Waals surface area contributed by atoms with Crippen LogP contribution in [0.5, 0.6) is 0 Å². The fraction of sp³-hybridized carbons (Fsp3) is 0.357. The van der Waals surface area contributed by atoms with Crippen LogP contribution >= 0.6 is 0 Å². The van der Waals surface area contributed by atoms with Crippen LogP contribution in [-0.4, -0.2) is 29.4 Å². The molecule has 6 nitrogen and oxygen atoms in total. The number of fused-ring (bicyclic) bond motifs is 1. The number of rotatable bonds is 4. The largest absolute Gasteiger partial charge is 0.480 e. The summed E-state index contributed by atoms with van der Waals surface area (Å²) >= 11 is 0. The van der Waals surface area contributed by atoms with Gasteiger partial charge < -0.3 is 15.7 Å². The molecule has 0 aliphatic carbocycles. The fourth-order valence-electron chi connectivity index (χ4n) is 2.15. The number of amides is 2. The van der Waals surface area contributed by atoms with Crippen LogP contribution in [0.2, 0.25) is 0 Å². The van der Waals surface area contributed by atoms with Crippen molar-refractivity contribution in [3.8, 4) is 0 Å². The van der Waals surface area contributed by atoms with Crippen LogP contribution in [0.4, 0.5) is 5.69 Å². The molecule has 0 aromatic heterocycles. The highest BCUT2D eigenvalue weighted by atomic mass is 16.4. The fourth-order valence-corrected chi connectivity index (χ4v) is 2.15. The Balaban J connectivity index is 2.13. The van der Waals surface area contributed by atoms with Gasteiger partial charge in [0.15, 0.2) is 0 Å². The van der Waals surface area contributed by atoms with Crippen LogP contribution in [0.1, 0.15) is 25.0 Å². The lowest BCUT2D eigenvalue weighted by atomic mass is 9.85. The number of hydrogen-bond donors (Lipinski definition) is 3. The predicted molar refractivity (Wildman–Crippen MR) is 72.4 cm³/mol. The van der Waals surface area contributed by atoms with E-state index in [2.05, 4.69) is 10.6 Å². The van der Waals surface area contributed by atoms with Crippen LogP contribution in [0.15, 0.2) is 18.2 Å². The van der Waals surface area contributed by atoms with E-state index in [1.807, 2.05) is 19.9 Å². The van der Waals surface area contributed by atoms with Gasteiger partial charge in [-0.15, -0.1) is 0 Å². The molecule has 106 valence electrons. The molecule has 0 spiro atoms. The van der Waals surface area contributed by atoms with Crippen molar-refractivity contribution in [1.29, 1.82) is 0 Å². The van der Waals surface area contributed by atoms with E-state index in [1.165, 1.54) is 0 Å². The van der Waals surface area contributed by atoms with E-state index in [9.17, 15) is 14.4 Å². The van der Waals surface area contributed by atoms with Gasteiger partial charge in [-0.3, -0.25) is 14.4 Å². The first-order chi connectivity index (χ1) is 9.30.